The molecule has 6 rings (SSSR count). The number of benzene rings is 3. The Hall–Kier alpha value is -2.28. The van der Waals surface area contributed by atoms with E-state index in [0.29, 0.717) is 6.42 Å². The Balaban J connectivity index is 0.000000323. The summed E-state index contributed by atoms with van der Waals surface area (Å²) in [6, 6.07) is 31.4. The van der Waals surface area contributed by atoms with E-state index < -0.39 is 0 Å². The molecule has 0 saturated heterocycles. The van der Waals surface area contributed by atoms with Gasteiger partial charge in [-0.2, -0.15) is 0 Å². The summed E-state index contributed by atoms with van der Waals surface area (Å²) >= 11 is 9.28. The van der Waals surface area contributed by atoms with E-state index in [1.54, 1.807) is 11.3 Å². The average Bonchev–Trinajstić information content (AvgIpc) is 3.68. The zero-order valence-corrected chi connectivity index (χ0v) is 37.5. The predicted molar refractivity (Wildman–Crippen MR) is 227 cm³/mol. The number of halogens is 2. The average molecular weight is 1040 g/mol. The van der Waals surface area contributed by atoms with Gasteiger partial charge in [-0.15, -0.1) is 23.6 Å². The third-order valence-corrected chi connectivity index (χ3v) is 12.3. The van der Waals surface area contributed by atoms with Crippen LogP contribution in [0.1, 0.15) is 128 Å². The summed E-state index contributed by atoms with van der Waals surface area (Å²) < 4.78 is 3.62. The summed E-state index contributed by atoms with van der Waals surface area (Å²) in [6.07, 6.45) is 19.7. The predicted octanol–water partition coefficient (Wildman–Crippen LogP) is 14.7. The van der Waals surface area contributed by atoms with Crippen LogP contribution in [0.5, 0.6) is 0 Å². The molecule has 0 amide bonds. The van der Waals surface area contributed by atoms with Crippen LogP contribution in [0.2, 0.25) is 0 Å². The molecular weight excluding hydrogens is 983 g/mol. The van der Waals surface area contributed by atoms with E-state index in [0.717, 1.165) is 23.4 Å². The van der Waals surface area contributed by atoms with Crippen LogP contribution in [-0.4, -0.2) is 16.6 Å². The van der Waals surface area contributed by atoms with Gasteiger partial charge >= 0.3 is 0 Å². The number of Topliss-reactive ketones (excluding diaryl/α,β-unsaturated/α-hetero) is 2. The molecule has 0 spiro atoms. The van der Waals surface area contributed by atoms with Crippen molar-refractivity contribution in [2.45, 2.75) is 122 Å². The number of nitrogens with zero attached hydrogens (tertiary/aromatic N) is 1. The summed E-state index contributed by atoms with van der Waals surface area (Å²) in [6.45, 7) is 3.78. The van der Waals surface area contributed by atoms with Crippen molar-refractivity contribution < 1.29 is 29.7 Å². The zero-order chi connectivity index (χ0) is 36.8. The minimum Gasteiger partial charge on any atom is -0.303 e. The van der Waals surface area contributed by atoms with Gasteiger partial charge < -0.3 is 4.98 Å². The third kappa shape index (κ3) is 12.4. The molecule has 3 aromatic carbocycles. The quantitative estimate of drug-likeness (QED) is 0.0470. The van der Waals surface area contributed by atoms with E-state index >= 15 is 0 Å². The number of unbranched alkanes of at least 4 members (excludes halogenated alkanes) is 10. The van der Waals surface area contributed by atoms with Gasteiger partial charge in [-0.1, -0.05) is 146 Å². The van der Waals surface area contributed by atoms with Crippen LogP contribution in [-0.2, 0) is 35.1 Å². The van der Waals surface area contributed by atoms with Gasteiger partial charge in [-0.3, -0.25) is 9.59 Å². The Kier molecular flexibility index (Phi) is 18.3. The Morgan fingerprint density at radius 3 is 1.85 bits per heavy atom. The van der Waals surface area contributed by atoms with Crippen LogP contribution in [0.15, 0.2) is 94.0 Å². The maximum atomic E-state index is 11.7. The standard InChI is InChI=1S/C33H44Br2O2.C13H8NS.Ir/c1-3-4-5-13-20-33(21-14-11-9-7-6-8-10-12-15-28(37)22-25(2)36)31-23-26(34)16-18-29(31)30-19-17-27(35)24-32(30)33;1-2-7-12-10(5-1)9-13(15-12)11-6-3-4-8-14-11;/h16-19,23-24H,3-15,20-22H2,1-2H3;1-8H;/q;-1;. The molecule has 53 heavy (non-hydrogen) atoms. The molecule has 0 bridgehead atoms. The Morgan fingerprint density at radius 1 is 0.717 bits per heavy atom. The number of thiophene rings is 1. The summed E-state index contributed by atoms with van der Waals surface area (Å²) in [4.78, 5) is 28.1. The molecule has 7 heteroatoms. The monoisotopic (exact) mass is 1030 g/mol. The molecule has 2 aromatic heterocycles. The van der Waals surface area contributed by atoms with Gasteiger partial charge in [0.2, 0.25) is 0 Å². The Labute approximate surface area is 351 Å². The van der Waals surface area contributed by atoms with Crippen LogP contribution in [0.25, 0.3) is 31.8 Å². The number of aromatic nitrogens is 1. The van der Waals surface area contributed by atoms with Crippen LogP contribution in [0.4, 0.5) is 0 Å². The molecule has 1 aliphatic carbocycles. The first-order chi connectivity index (χ1) is 25.3. The van der Waals surface area contributed by atoms with E-state index in [-0.39, 0.29) is 43.5 Å². The van der Waals surface area contributed by atoms with Gasteiger partial charge in [0.25, 0.3) is 0 Å². The first-order valence-electron chi connectivity index (χ1n) is 19.2. The van der Waals surface area contributed by atoms with Gasteiger partial charge in [0.1, 0.15) is 11.6 Å². The van der Waals surface area contributed by atoms with E-state index in [4.69, 9.17) is 0 Å². The molecule has 5 aromatic rings. The van der Waals surface area contributed by atoms with Gasteiger partial charge in [-0.25, -0.2) is 11.3 Å². The van der Waals surface area contributed by atoms with E-state index in [1.165, 1.54) is 125 Å². The van der Waals surface area contributed by atoms with Crippen LogP contribution < -0.4 is 0 Å². The fourth-order valence-electron chi connectivity index (χ4n) is 7.66. The largest absolute Gasteiger partial charge is 0.303 e. The van der Waals surface area contributed by atoms with E-state index in [2.05, 4.69) is 104 Å². The topological polar surface area (TPSA) is 47.0 Å². The summed E-state index contributed by atoms with van der Waals surface area (Å²) in [5.41, 5.74) is 6.99. The van der Waals surface area contributed by atoms with Crippen LogP contribution in [0, 0.1) is 6.07 Å². The number of fused-ring (bicyclic) bond motifs is 4. The van der Waals surface area contributed by atoms with Crippen LogP contribution in [0.3, 0.4) is 0 Å². The number of carbonyl (C=O) groups excluding carboxylic acids is 2. The molecule has 0 N–H and O–H groups in total. The number of carbonyl (C=O) groups is 2. The molecule has 2 heterocycles. The van der Waals surface area contributed by atoms with Crippen molar-refractivity contribution in [3.8, 4) is 21.7 Å². The van der Waals surface area contributed by atoms with Crippen molar-refractivity contribution >= 4 is 64.8 Å². The second kappa shape index (κ2) is 22.3. The van der Waals surface area contributed by atoms with Crippen molar-refractivity contribution in [2.24, 2.45) is 0 Å². The summed E-state index contributed by atoms with van der Waals surface area (Å²) in [5.74, 6) is 0.0860. The number of pyridine rings is 1. The number of hydrogen-bond donors (Lipinski definition) is 0. The molecule has 0 atom stereocenters. The van der Waals surface area contributed by atoms with Crippen molar-refractivity contribution in [3.05, 3.63) is 111 Å². The van der Waals surface area contributed by atoms with E-state index in [1.807, 2.05) is 30.5 Å². The van der Waals surface area contributed by atoms with Crippen molar-refractivity contribution in [3.63, 3.8) is 0 Å². The van der Waals surface area contributed by atoms with Crippen LogP contribution >= 0.6 is 43.2 Å². The molecule has 0 fully saturated rings. The summed E-state index contributed by atoms with van der Waals surface area (Å²) in [5, 5.41) is 1.17. The van der Waals surface area contributed by atoms with Gasteiger partial charge in [0.05, 0.1) is 6.42 Å². The maximum absolute atomic E-state index is 11.7. The minimum atomic E-state index is -0.0161. The summed E-state index contributed by atoms with van der Waals surface area (Å²) in [7, 11) is 0. The molecule has 283 valence electrons. The first kappa shape index (κ1) is 43.4. The van der Waals surface area contributed by atoms with Gasteiger partial charge in [0, 0.05) is 52.8 Å². The fraction of sp³-hybridized carbons (Fsp3) is 0.413. The number of rotatable bonds is 19. The third-order valence-electron chi connectivity index (χ3n) is 10.2. The fourth-order valence-corrected chi connectivity index (χ4v) is 9.37. The molecule has 0 aliphatic heterocycles. The molecule has 1 aliphatic rings. The Bertz CT molecular complexity index is 1820. The molecule has 0 saturated carbocycles. The number of hydrogen-bond acceptors (Lipinski definition) is 4. The maximum Gasteiger partial charge on any atom is 0.140 e. The molecule has 1 radical (unpaired) electrons. The van der Waals surface area contributed by atoms with Gasteiger partial charge in [0.15, 0.2) is 0 Å². The molecule has 0 unspecified atom stereocenters. The second-order valence-corrected chi connectivity index (χ2v) is 17.2. The van der Waals surface area contributed by atoms with Crippen molar-refractivity contribution in [1.29, 1.82) is 0 Å². The first-order valence-corrected chi connectivity index (χ1v) is 21.6. The zero-order valence-electron chi connectivity index (χ0n) is 31.2. The minimum absolute atomic E-state index is 0. The number of ketones is 2. The molecular formula is C46H52Br2IrNO2S-. The smallest absolute Gasteiger partial charge is 0.140 e. The Morgan fingerprint density at radius 2 is 1.28 bits per heavy atom. The SMILES string of the molecule is CCCCCCC1(CCCCCCCCCCC(=O)CC(C)=O)c2cc(Br)ccc2-c2ccc(Br)cc21.[Ir].[c-]1c(-c2ccccn2)sc2ccccc12. The van der Waals surface area contributed by atoms with Crippen molar-refractivity contribution in [1.82, 2.24) is 4.98 Å². The van der Waals surface area contributed by atoms with E-state index in [9.17, 15) is 9.59 Å². The molecule has 3 nitrogen and oxygen atoms in total. The van der Waals surface area contributed by atoms with Crippen molar-refractivity contribution in [2.75, 3.05) is 0 Å². The second-order valence-electron chi connectivity index (χ2n) is 14.3. The van der Waals surface area contributed by atoms with Gasteiger partial charge in [-0.05, 0) is 88.3 Å². The normalized spacial score (nSPS) is 12.4.